The molecular weight excluding hydrogens is 398 g/mol. The summed E-state index contributed by atoms with van der Waals surface area (Å²) in [6.45, 7) is 5.75. The number of benzene rings is 2. The van der Waals surface area contributed by atoms with E-state index in [4.69, 9.17) is 0 Å². The summed E-state index contributed by atoms with van der Waals surface area (Å²) in [5.74, 6) is -0.0747. The second-order valence-corrected chi connectivity index (χ2v) is 9.99. The molecule has 2 heterocycles. The lowest BCUT2D eigenvalue weighted by atomic mass is 10.1. The molecule has 1 amide bonds. The minimum atomic E-state index is -3.71. The average Bonchev–Trinajstić information content (AvgIpc) is 3.45. The van der Waals surface area contributed by atoms with Crippen molar-refractivity contribution >= 4 is 15.9 Å². The third kappa shape index (κ3) is 4.58. The number of likely N-dealkylation sites (tertiary alicyclic amines) is 2. The molecule has 2 aromatic carbocycles. The number of nitrogens with zero attached hydrogens (tertiary/aromatic N) is 2. The smallest absolute Gasteiger partial charge is 0.254 e. The molecule has 30 heavy (non-hydrogen) atoms. The quantitative estimate of drug-likeness (QED) is 0.770. The van der Waals surface area contributed by atoms with Crippen molar-refractivity contribution in [3.05, 3.63) is 65.2 Å². The first-order chi connectivity index (χ1) is 14.4. The highest BCUT2D eigenvalue weighted by atomic mass is 32.2. The van der Waals surface area contributed by atoms with E-state index in [-0.39, 0.29) is 17.3 Å². The van der Waals surface area contributed by atoms with Gasteiger partial charge in [0, 0.05) is 31.2 Å². The summed E-state index contributed by atoms with van der Waals surface area (Å²) in [5.41, 5.74) is 2.15. The normalized spacial score (nSPS) is 20.0. The van der Waals surface area contributed by atoms with E-state index in [1.165, 1.54) is 18.9 Å². The van der Waals surface area contributed by atoms with Crippen molar-refractivity contribution < 1.29 is 13.2 Å². The summed E-state index contributed by atoms with van der Waals surface area (Å²) >= 11 is 0. The highest BCUT2D eigenvalue weighted by molar-refractivity contribution is 7.89. The SMILES string of the molecule is Cc1ccc(S(=O)(=O)NCc2ccccc2)cc1C(=O)N1CCC(N2CCCC2)C1. The largest absolute Gasteiger partial charge is 0.337 e. The molecule has 160 valence electrons. The Bertz CT molecular complexity index is 1000. The maximum Gasteiger partial charge on any atom is 0.254 e. The lowest BCUT2D eigenvalue weighted by Gasteiger charge is -2.24. The molecule has 1 N–H and O–H groups in total. The Balaban J connectivity index is 1.48. The van der Waals surface area contributed by atoms with Gasteiger partial charge in [0.25, 0.3) is 5.91 Å². The summed E-state index contributed by atoms with van der Waals surface area (Å²) in [6.07, 6.45) is 3.46. The monoisotopic (exact) mass is 427 g/mol. The number of hydrogen-bond acceptors (Lipinski definition) is 4. The number of hydrogen-bond donors (Lipinski definition) is 1. The van der Waals surface area contributed by atoms with E-state index in [9.17, 15) is 13.2 Å². The summed E-state index contributed by atoms with van der Waals surface area (Å²) in [6, 6.07) is 14.6. The molecule has 0 saturated carbocycles. The molecule has 2 aliphatic heterocycles. The fourth-order valence-corrected chi connectivity index (χ4v) is 5.40. The van der Waals surface area contributed by atoms with Crippen LogP contribution in [0.15, 0.2) is 53.4 Å². The first-order valence-corrected chi connectivity index (χ1v) is 12.1. The van der Waals surface area contributed by atoms with Crippen molar-refractivity contribution in [1.82, 2.24) is 14.5 Å². The fourth-order valence-electron chi connectivity index (χ4n) is 4.36. The average molecular weight is 428 g/mol. The molecule has 0 aliphatic carbocycles. The van der Waals surface area contributed by atoms with E-state index in [1.54, 1.807) is 12.1 Å². The molecule has 0 radical (unpaired) electrons. The molecule has 7 heteroatoms. The summed E-state index contributed by atoms with van der Waals surface area (Å²) in [5, 5.41) is 0. The van der Waals surface area contributed by atoms with Gasteiger partial charge in [-0.25, -0.2) is 13.1 Å². The van der Waals surface area contributed by atoms with Crippen molar-refractivity contribution in [2.45, 2.75) is 43.7 Å². The molecule has 6 nitrogen and oxygen atoms in total. The van der Waals surface area contributed by atoms with Crippen LogP contribution in [0.2, 0.25) is 0 Å². The van der Waals surface area contributed by atoms with Crippen LogP contribution in [0, 0.1) is 6.92 Å². The van der Waals surface area contributed by atoms with Crippen LogP contribution in [0.4, 0.5) is 0 Å². The van der Waals surface area contributed by atoms with Crippen LogP contribution in [-0.4, -0.2) is 56.3 Å². The van der Waals surface area contributed by atoms with Crippen LogP contribution in [0.3, 0.4) is 0 Å². The van der Waals surface area contributed by atoms with Crippen LogP contribution in [-0.2, 0) is 16.6 Å². The van der Waals surface area contributed by atoms with E-state index in [0.29, 0.717) is 11.6 Å². The number of amides is 1. The molecule has 2 aliphatic rings. The molecule has 2 aromatic rings. The number of aryl methyl sites for hydroxylation is 1. The lowest BCUT2D eigenvalue weighted by Crippen LogP contribution is -2.37. The topological polar surface area (TPSA) is 69.7 Å². The Morgan fingerprint density at radius 3 is 2.53 bits per heavy atom. The third-order valence-electron chi connectivity index (χ3n) is 6.17. The van der Waals surface area contributed by atoms with E-state index >= 15 is 0 Å². The maximum absolute atomic E-state index is 13.2. The van der Waals surface area contributed by atoms with Crippen LogP contribution in [0.1, 0.15) is 40.7 Å². The molecule has 4 rings (SSSR count). The predicted octanol–water partition coefficient (Wildman–Crippen LogP) is 2.78. The van der Waals surface area contributed by atoms with Gasteiger partial charge >= 0.3 is 0 Å². The summed E-state index contributed by atoms with van der Waals surface area (Å²) in [7, 11) is -3.71. The Labute approximate surface area is 178 Å². The molecule has 2 fully saturated rings. The maximum atomic E-state index is 13.2. The minimum Gasteiger partial charge on any atom is -0.337 e. The summed E-state index contributed by atoms with van der Waals surface area (Å²) < 4.78 is 28.2. The molecular formula is C23H29N3O3S. The van der Waals surface area contributed by atoms with Gasteiger partial charge in [-0.2, -0.15) is 0 Å². The van der Waals surface area contributed by atoms with Gasteiger partial charge in [-0.1, -0.05) is 36.4 Å². The van der Waals surface area contributed by atoms with Crippen molar-refractivity contribution in [3.8, 4) is 0 Å². The first-order valence-electron chi connectivity index (χ1n) is 10.6. The Morgan fingerprint density at radius 2 is 1.80 bits per heavy atom. The number of sulfonamides is 1. The highest BCUT2D eigenvalue weighted by Crippen LogP contribution is 2.24. The number of rotatable bonds is 6. The van der Waals surface area contributed by atoms with Crippen molar-refractivity contribution in [1.29, 1.82) is 0 Å². The van der Waals surface area contributed by atoms with Crippen molar-refractivity contribution in [2.24, 2.45) is 0 Å². The minimum absolute atomic E-state index is 0.0747. The van der Waals surface area contributed by atoms with Gasteiger partial charge in [0.1, 0.15) is 0 Å². The van der Waals surface area contributed by atoms with Gasteiger partial charge in [0.15, 0.2) is 0 Å². The van der Waals surface area contributed by atoms with Crippen LogP contribution in [0.25, 0.3) is 0 Å². The van der Waals surface area contributed by atoms with E-state index in [0.717, 1.165) is 43.7 Å². The molecule has 0 spiro atoms. The molecule has 0 aromatic heterocycles. The number of nitrogens with one attached hydrogen (secondary N) is 1. The van der Waals surface area contributed by atoms with E-state index in [2.05, 4.69) is 9.62 Å². The Hall–Kier alpha value is -2.22. The number of carbonyl (C=O) groups is 1. The summed E-state index contributed by atoms with van der Waals surface area (Å²) in [4.78, 5) is 17.7. The van der Waals surface area contributed by atoms with Crippen molar-refractivity contribution in [2.75, 3.05) is 26.2 Å². The predicted molar refractivity (Wildman–Crippen MR) is 117 cm³/mol. The van der Waals surface area contributed by atoms with Gasteiger partial charge in [-0.05, 0) is 62.5 Å². The Morgan fingerprint density at radius 1 is 1.07 bits per heavy atom. The second kappa shape index (κ2) is 8.88. The van der Waals surface area contributed by atoms with Crippen molar-refractivity contribution in [3.63, 3.8) is 0 Å². The molecule has 1 unspecified atom stereocenters. The zero-order chi connectivity index (χ0) is 21.1. The fraction of sp³-hybridized carbons (Fsp3) is 0.435. The second-order valence-electron chi connectivity index (χ2n) is 8.22. The lowest BCUT2D eigenvalue weighted by molar-refractivity contribution is 0.0779. The zero-order valence-electron chi connectivity index (χ0n) is 17.4. The molecule has 1 atom stereocenters. The molecule has 2 saturated heterocycles. The third-order valence-corrected chi connectivity index (χ3v) is 7.57. The Kier molecular flexibility index (Phi) is 6.22. The van der Waals surface area contributed by atoms with Gasteiger partial charge in [-0.15, -0.1) is 0 Å². The first kappa shape index (κ1) is 21.0. The van der Waals surface area contributed by atoms with Crippen LogP contribution >= 0.6 is 0 Å². The zero-order valence-corrected chi connectivity index (χ0v) is 18.2. The molecule has 0 bridgehead atoms. The standard InChI is InChI=1S/C23H29N3O3S/c1-18-9-10-21(30(28,29)24-16-19-7-3-2-4-8-19)15-22(18)23(27)26-14-11-20(17-26)25-12-5-6-13-25/h2-4,7-10,15,20,24H,5-6,11-14,16-17H2,1H3. The van der Waals surface area contributed by atoms with Gasteiger partial charge < -0.3 is 4.90 Å². The van der Waals surface area contributed by atoms with Crippen LogP contribution < -0.4 is 4.72 Å². The van der Waals surface area contributed by atoms with Crippen LogP contribution in [0.5, 0.6) is 0 Å². The van der Waals surface area contributed by atoms with Gasteiger partial charge in [0.2, 0.25) is 10.0 Å². The van der Waals surface area contributed by atoms with Gasteiger partial charge in [-0.3, -0.25) is 9.69 Å². The number of carbonyl (C=O) groups excluding carboxylic acids is 1. The highest BCUT2D eigenvalue weighted by Gasteiger charge is 2.32. The van der Waals surface area contributed by atoms with E-state index < -0.39 is 10.0 Å². The van der Waals surface area contributed by atoms with Gasteiger partial charge in [0.05, 0.1) is 4.90 Å². The van der Waals surface area contributed by atoms with E-state index in [1.807, 2.05) is 42.2 Å².